The van der Waals surface area contributed by atoms with Crippen LogP contribution in [0.5, 0.6) is 0 Å². The first-order valence-electron chi connectivity index (χ1n) is 9.01. The summed E-state index contributed by atoms with van der Waals surface area (Å²) in [5, 5.41) is 15.2. The summed E-state index contributed by atoms with van der Waals surface area (Å²) < 4.78 is 7.60. The van der Waals surface area contributed by atoms with Crippen molar-refractivity contribution in [1.29, 1.82) is 0 Å². The topological polar surface area (TPSA) is 72.9 Å². The van der Waals surface area contributed by atoms with Crippen molar-refractivity contribution in [2.75, 3.05) is 31.3 Å². The molecule has 7 nitrogen and oxygen atoms in total. The lowest BCUT2D eigenvalue weighted by atomic mass is 10.1. The molecule has 1 aliphatic heterocycles. The maximum absolute atomic E-state index is 11.0. The zero-order valence-electron chi connectivity index (χ0n) is 15.4. The summed E-state index contributed by atoms with van der Waals surface area (Å²) in [7, 11) is 0. The van der Waals surface area contributed by atoms with Crippen molar-refractivity contribution in [2.45, 2.75) is 6.92 Å². The number of nitrogens with zero attached hydrogens (tertiary/aromatic N) is 4. The maximum atomic E-state index is 11.0. The van der Waals surface area contributed by atoms with Gasteiger partial charge >= 0.3 is 0 Å². The number of ether oxygens (including phenoxy) is 1. The number of rotatable bonds is 4. The van der Waals surface area contributed by atoms with Gasteiger partial charge in [-0.05, 0) is 31.2 Å². The highest BCUT2D eigenvalue weighted by molar-refractivity contribution is 7.07. The largest absolute Gasteiger partial charge is 0.378 e. The molecule has 3 aromatic rings. The van der Waals surface area contributed by atoms with E-state index in [9.17, 15) is 10.1 Å². The van der Waals surface area contributed by atoms with Crippen LogP contribution in [0.2, 0.25) is 0 Å². The number of aromatic nitrogens is 1. The fourth-order valence-electron chi connectivity index (χ4n) is 3.09. The molecule has 2 aromatic carbocycles. The Balaban J connectivity index is 1.81. The number of nitro groups is 1. The van der Waals surface area contributed by atoms with Gasteiger partial charge in [-0.1, -0.05) is 17.7 Å². The fourth-order valence-corrected chi connectivity index (χ4v) is 4.01. The number of non-ortho nitro benzene ring substituents is 1. The number of thiazole rings is 1. The molecule has 0 atom stereocenters. The van der Waals surface area contributed by atoms with Gasteiger partial charge < -0.3 is 9.75 Å². The van der Waals surface area contributed by atoms with E-state index in [2.05, 4.69) is 16.6 Å². The lowest BCUT2D eigenvalue weighted by Crippen LogP contribution is -2.48. The van der Waals surface area contributed by atoms with Crippen molar-refractivity contribution >= 4 is 22.7 Å². The number of hydrogen-bond acceptors (Lipinski definition) is 6. The molecular formula is C20H20N4O3S. The second-order valence-corrected chi connectivity index (χ2v) is 7.37. The minimum atomic E-state index is -0.383. The van der Waals surface area contributed by atoms with E-state index >= 15 is 0 Å². The second-order valence-electron chi connectivity index (χ2n) is 6.53. The summed E-state index contributed by atoms with van der Waals surface area (Å²) in [6.07, 6.45) is 0. The second kappa shape index (κ2) is 7.95. The number of morpholine rings is 1. The average Bonchev–Trinajstić information content (AvgIpc) is 3.14. The minimum Gasteiger partial charge on any atom is -0.378 e. The zero-order valence-corrected chi connectivity index (χ0v) is 16.3. The summed E-state index contributed by atoms with van der Waals surface area (Å²) in [6, 6.07) is 14.7. The molecule has 0 radical (unpaired) electrons. The van der Waals surface area contributed by atoms with E-state index in [-0.39, 0.29) is 10.6 Å². The molecule has 144 valence electrons. The smallest absolute Gasteiger partial charge is 0.269 e. The fraction of sp³-hybridized carbons (Fsp3) is 0.250. The lowest BCUT2D eigenvalue weighted by molar-refractivity contribution is -0.384. The van der Waals surface area contributed by atoms with E-state index in [0.29, 0.717) is 13.2 Å². The lowest BCUT2D eigenvalue weighted by Gasteiger charge is -2.31. The van der Waals surface area contributed by atoms with Crippen LogP contribution in [0.15, 0.2) is 58.9 Å². The van der Waals surface area contributed by atoms with Crippen LogP contribution in [0.25, 0.3) is 11.3 Å². The molecule has 0 spiro atoms. The molecule has 1 fully saturated rings. The van der Waals surface area contributed by atoms with E-state index in [4.69, 9.17) is 9.73 Å². The van der Waals surface area contributed by atoms with Crippen LogP contribution in [0.3, 0.4) is 0 Å². The number of hydrogen-bond donors (Lipinski definition) is 0. The molecule has 0 amide bonds. The van der Waals surface area contributed by atoms with Gasteiger partial charge in [0.05, 0.1) is 42.6 Å². The number of benzene rings is 2. The number of nitro benzene ring substituents is 1. The highest BCUT2D eigenvalue weighted by Gasteiger charge is 2.18. The van der Waals surface area contributed by atoms with Gasteiger partial charge in [0, 0.05) is 23.1 Å². The van der Waals surface area contributed by atoms with Crippen molar-refractivity contribution < 1.29 is 9.66 Å². The van der Waals surface area contributed by atoms with Crippen LogP contribution in [-0.4, -0.2) is 35.9 Å². The Morgan fingerprint density at radius 1 is 1.07 bits per heavy atom. The molecule has 28 heavy (non-hydrogen) atoms. The standard InChI is InChI=1S/C20H20N4O3S/c1-15-2-6-17(7-3-15)21-20-23(22-10-12-27-13-11-22)19(14-28-20)16-4-8-18(9-5-16)24(25)26/h2-9,14H,10-13H2,1H3. The van der Waals surface area contributed by atoms with E-state index in [1.54, 1.807) is 23.5 Å². The van der Waals surface area contributed by atoms with E-state index in [0.717, 1.165) is 34.8 Å². The molecule has 1 aromatic heterocycles. The van der Waals surface area contributed by atoms with Gasteiger partial charge in [0.2, 0.25) is 4.80 Å². The normalized spacial score (nSPS) is 15.0. The Labute approximate surface area is 166 Å². The van der Waals surface area contributed by atoms with Crippen molar-refractivity contribution in [1.82, 2.24) is 4.68 Å². The van der Waals surface area contributed by atoms with E-state index in [1.807, 2.05) is 29.6 Å². The van der Waals surface area contributed by atoms with E-state index < -0.39 is 0 Å². The third-order valence-corrected chi connectivity index (χ3v) is 5.40. The first kappa shape index (κ1) is 18.4. The molecule has 4 rings (SSSR count). The highest BCUT2D eigenvalue weighted by Crippen LogP contribution is 2.24. The van der Waals surface area contributed by atoms with Gasteiger partial charge in [-0.25, -0.2) is 9.67 Å². The SMILES string of the molecule is Cc1ccc(N=c2scc(-c3ccc([N+](=O)[O-])cc3)n2N2CCOCC2)cc1. The molecule has 0 N–H and O–H groups in total. The van der Waals surface area contributed by atoms with E-state index in [1.165, 1.54) is 17.7 Å². The Kier molecular flexibility index (Phi) is 5.23. The Hall–Kier alpha value is -2.97. The highest BCUT2D eigenvalue weighted by atomic mass is 32.1. The first-order valence-corrected chi connectivity index (χ1v) is 9.89. The Morgan fingerprint density at radius 3 is 2.39 bits per heavy atom. The van der Waals surface area contributed by atoms with Gasteiger partial charge in [0.1, 0.15) is 0 Å². The van der Waals surface area contributed by atoms with Gasteiger partial charge in [-0.3, -0.25) is 10.1 Å². The van der Waals surface area contributed by atoms with Crippen LogP contribution < -0.4 is 9.81 Å². The molecule has 0 bridgehead atoms. The zero-order chi connectivity index (χ0) is 19.5. The Morgan fingerprint density at radius 2 is 1.75 bits per heavy atom. The molecule has 1 saturated heterocycles. The summed E-state index contributed by atoms with van der Waals surface area (Å²) in [5.74, 6) is 0. The predicted octanol–water partition coefficient (Wildman–Crippen LogP) is 3.63. The monoisotopic (exact) mass is 396 g/mol. The third-order valence-electron chi connectivity index (χ3n) is 4.59. The van der Waals surface area contributed by atoms with Gasteiger partial charge in [-0.2, -0.15) is 0 Å². The maximum Gasteiger partial charge on any atom is 0.269 e. The molecule has 1 aliphatic rings. The van der Waals surface area contributed by atoms with Crippen LogP contribution in [-0.2, 0) is 4.74 Å². The van der Waals surface area contributed by atoms with Crippen LogP contribution in [0.1, 0.15) is 5.56 Å². The molecule has 0 saturated carbocycles. The molecule has 0 aliphatic carbocycles. The summed E-state index contributed by atoms with van der Waals surface area (Å²) >= 11 is 1.55. The molecule has 8 heteroatoms. The molecule has 2 heterocycles. The number of aryl methyl sites for hydroxylation is 1. The van der Waals surface area contributed by atoms with Crippen molar-refractivity contribution in [3.8, 4) is 11.3 Å². The summed E-state index contributed by atoms with van der Waals surface area (Å²) in [5.41, 5.74) is 4.05. The van der Waals surface area contributed by atoms with Crippen LogP contribution >= 0.6 is 11.3 Å². The van der Waals surface area contributed by atoms with Crippen molar-refractivity contribution in [3.63, 3.8) is 0 Å². The summed E-state index contributed by atoms with van der Waals surface area (Å²) in [6.45, 7) is 4.89. The van der Waals surface area contributed by atoms with Crippen LogP contribution in [0, 0.1) is 17.0 Å². The molecule has 0 unspecified atom stereocenters. The first-order chi connectivity index (χ1) is 13.6. The third kappa shape index (κ3) is 3.83. The predicted molar refractivity (Wildman–Crippen MR) is 110 cm³/mol. The quantitative estimate of drug-likeness (QED) is 0.499. The summed E-state index contributed by atoms with van der Waals surface area (Å²) in [4.78, 5) is 16.3. The van der Waals surface area contributed by atoms with Gasteiger partial charge in [0.25, 0.3) is 5.69 Å². The average molecular weight is 396 g/mol. The van der Waals surface area contributed by atoms with Gasteiger partial charge in [0.15, 0.2) is 0 Å². The van der Waals surface area contributed by atoms with Crippen LogP contribution in [0.4, 0.5) is 11.4 Å². The minimum absolute atomic E-state index is 0.0847. The molecular weight excluding hydrogens is 376 g/mol. The Bertz CT molecular complexity index is 1030. The van der Waals surface area contributed by atoms with Crippen molar-refractivity contribution in [2.24, 2.45) is 4.99 Å². The van der Waals surface area contributed by atoms with Gasteiger partial charge in [-0.15, -0.1) is 11.3 Å². The van der Waals surface area contributed by atoms with Crippen molar-refractivity contribution in [3.05, 3.63) is 74.4 Å².